The van der Waals surface area contributed by atoms with E-state index in [-0.39, 0.29) is 30.9 Å². The van der Waals surface area contributed by atoms with Gasteiger partial charge in [0, 0.05) is 19.5 Å². The number of aliphatic carboxylic acids is 1. The molecular weight excluding hydrogens is 489 g/mol. The Labute approximate surface area is 212 Å². The Morgan fingerprint density at radius 2 is 1.58 bits per heavy atom. The Morgan fingerprint density at radius 1 is 1.03 bits per heavy atom. The summed E-state index contributed by atoms with van der Waals surface area (Å²) < 4.78 is 15.4. The third-order valence-corrected chi connectivity index (χ3v) is 6.03. The summed E-state index contributed by atoms with van der Waals surface area (Å²) in [6.45, 7) is 5.23. The second-order valence-corrected chi connectivity index (χ2v) is 9.93. The van der Waals surface area contributed by atoms with Crippen molar-refractivity contribution in [1.82, 2.24) is 10.2 Å². The van der Waals surface area contributed by atoms with E-state index in [0.717, 1.165) is 38.5 Å². The first-order chi connectivity index (χ1) is 17.0. The van der Waals surface area contributed by atoms with Crippen LogP contribution >= 0.6 is 7.82 Å². The van der Waals surface area contributed by atoms with Crippen molar-refractivity contribution in [3.63, 3.8) is 0 Å². The molecule has 1 aromatic carbocycles. The highest BCUT2D eigenvalue weighted by Gasteiger charge is 2.28. The number of hydrogen-bond acceptors (Lipinski definition) is 6. The molecule has 6 N–H and O–H groups in total. The van der Waals surface area contributed by atoms with Crippen LogP contribution in [0.25, 0.3) is 0 Å². The molecule has 0 unspecified atom stereocenters. The van der Waals surface area contributed by atoms with E-state index in [2.05, 4.69) is 23.7 Å². The van der Waals surface area contributed by atoms with Crippen LogP contribution in [-0.2, 0) is 25.4 Å². The molecule has 0 radical (unpaired) electrons. The minimum absolute atomic E-state index is 0.0318. The Balaban J connectivity index is 2.88. The number of carboxylic acids is 1. The normalized spacial score (nSPS) is 13.0. The summed E-state index contributed by atoms with van der Waals surface area (Å²) in [5, 5.41) is 11.8. The molecule has 2 atom stereocenters. The van der Waals surface area contributed by atoms with E-state index in [1.165, 1.54) is 24.3 Å². The molecule has 12 heteroatoms. The molecule has 0 saturated carbocycles. The number of nitrogens with one attached hydrogen (secondary N) is 1. The lowest BCUT2D eigenvalue weighted by Gasteiger charge is -2.28. The highest BCUT2D eigenvalue weighted by Crippen LogP contribution is 2.37. The fourth-order valence-corrected chi connectivity index (χ4v) is 4.03. The second-order valence-electron chi connectivity index (χ2n) is 8.77. The van der Waals surface area contributed by atoms with Gasteiger partial charge in [0.25, 0.3) is 0 Å². The number of unbranched alkanes of at least 4 members (excludes halogenated alkanes) is 4. The van der Waals surface area contributed by atoms with Crippen LogP contribution in [0.1, 0.15) is 70.8 Å². The molecule has 0 saturated heterocycles. The van der Waals surface area contributed by atoms with Gasteiger partial charge in [0.1, 0.15) is 11.8 Å². The molecule has 0 aliphatic heterocycles. The Kier molecular flexibility index (Phi) is 14.3. The SMILES string of the molecule is CCCCCN(CCCCC)C(=O)[C@H](CCC(=O)O)NC(=O)[C@@H](N)Cc1ccc(OP(=O)(O)O)cc1. The van der Waals surface area contributed by atoms with E-state index in [0.29, 0.717) is 18.7 Å². The molecule has 2 amide bonds. The van der Waals surface area contributed by atoms with Crippen molar-refractivity contribution < 1.29 is 38.4 Å². The molecule has 11 nitrogen and oxygen atoms in total. The third-order valence-electron chi connectivity index (χ3n) is 5.58. The average molecular weight is 530 g/mol. The van der Waals surface area contributed by atoms with Crippen LogP contribution < -0.4 is 15.6 Å². The summed E-state index contributed by atoms with van der Waals surface area (Å²) in [5.41, 5.74) is 6.67. The van der Waals surface area contributed by atoms with E-state index < -0.39 is 31.8 Å². The largest absolute Gasteiger partial charge is 0.524 e. The molecule has 0 heterocycles. The second kappa shape index (κ2) is 16.3. The van der Waals surface area contributed by atoms with Gasteiger partial charge in [0.15, 0.2) is 0 Å². The van der Waals surface area contributed by atoms with Crippen LogP contribution in [0.2, 0.25) is 0 Å². The third kappa shape index (κ3) is 13.0. The van der Waals surface area contributed by atoms with Gasteiger partial charge in [0.05, 0.1) is 6.04 Å². The molecular formula is C24H40N3O8P. The summed E-state index contributed by atoms with van der Waals surface area (Å²) in [6, 6.07) is 3.73. The molecule has 0 aromatic heterocycles. The van der Waals surface area contributed by atoms with Gasteiger partial charge in [-0.3, -0.25) is 24.2 Å². The van der Waals surface area contributed by atoms with Crippen molar-refractivity contribution in [1.29, 1.82) is 0 Å². The number of rotatable bonds is 18. The van der Waals surface area contributed by atoms with Crippen LogP contribution in [0.3, 0.4) is 0 Å². The lowest BCUT2D eigenvalue weighted by atomic mass is 10.0. The van der Waals surface area contributed by atoms with Gasteiger partial charge in [0.2, 0.25) is 11.8 Å². The summed E-state index contributed by atoms with van der Waals surface area (Å²) in [4.78, 5) is 56.8. The lowest BCUT2D eigenvalue weighted by molar-refractivity contribution is -0.139. The molecule has 1 rings (SSSR count). The maximum Gasteiger partial charge on any atom is 0.524 e. The van der Waals surface area contributed by atoms with Gasteiger partial charge in [-0.2, -0.15) is 0 Å². The summed E-state index contributed by atoms with van der Waals surface area (Å²) in [6.07, 6.45) is 5.36. The van der Waals surface area contributed by atoms with Crippen molar-refractivity contribution in [2.75, 3.05) is 13.1 Å². The first-order valence-corrected chi connectivity index (χ1v) is 13.9. The summed E-state index contributed by atoms with van der Waals surface area (Å²) in [7, 11) is -4.68. The quantitative estimate of drug-likeness (QED) is 0.141. The van der Waals surface area contributed by atoms with E-state index in [1.54, 1.807) is 4.90 Å². The monoisotopic (exact) mass is 529 g/mol. The number of phosphoric acid groups is 1. The first kappa shape index (κ1) is 31.6. The van der Waals surface area contributed by atoms with Gasteiger partial charge in [-0.05, 0) is 43.4 Å². The maximum atomic E-state index is 13.3. The van der Waals surface area contributed by atoms with Crippen molar-refractivity contribution >= 4 is 25.6 Å². The van der Waals surface area contributed by atoms with Crippen LogP contribution in [0.15, 0.2) is 24.3 Å². The number of carboxylic acid groups (broad SMARTS) is 1. The average Bonchev–Trinajstić information content (AvgIpc) is 2.80. The number of amides is 2. The van der Waals surface area contributed by atoms with Crippen molar-refractivity contribution in [2.24, 2.45) is 5.73 Å². The van der Waals surface area contributed by atoms with E-state index in [4.69, 9.17) is 20.6 Å². The Hall–Kier alpha value is -2.46. The number of hydrogen-bond donors (Lipinski definition) is 5. The topological polar surface area (TPSA) is 179 Å². The van der Waals surface area contributed by atoms with Crippen LogP contribution in [0.5, 0.6) is 5.75 Å². The van der Waals surface area contributed by atoms with Crippen LogP contribution in [0, 0.1) is 0 Å². The van der Waals surface area contributed by atoms with Gasteiger partial charge >= 0.3 is 13.8 Å². The zero-order chi connectivity index (χ0) is 27.1. The smallest absolute Gasteiger partial charge is 0.481 e. The number of nitrogens with zero attached hydrogens (tertiary/aromatic N) is 1. The van der Waals surface area contributed by atoms with Crippen molar-refractivity contribution in [3.8, 4) is 5.75 Å². The molecule has 204 valence electrons. The minimum Gasteiger partial charge on any atom is -0.481 e. The highest BCUT2D eigenvalue weighted by molar-refractivity contribution is 7.46. The standard InChI is InChI=1S/C24H40N3O8P/c1-3-5-7-15-27(16-8-6-4-2)24(31)21(13-14-22(28)29)26-23(30)20(25)17-18-9-11-19(12-10-18)35-36(32,33)34/h9-12,20-21H,3-8,13-17,25H2,1-2H3,(H,26,30)(H,28,29)(H2,32,33,34)/t20-,21-/m0/s1. The highest BCUT2D eigenvalue weighted by atomic mass is 31.2. The molecule has 0 fully saturated rings. The Bertz CT molecular complexity index is 865. The van der Waals surface area contributed by atoms with Gasteiger partial charge in [-0.15, -0.1) is 0 Å². The predicted octanol–water partition coefficient (Wildman–Crippen LogP) is 2.59. The molecule has 0 bridgehead atoms. The van der Waals surface area contributed by atoms with Crippen LogP contribution in [0.4, 0.5) is 0 Å². The number of phosphoric ester groups is 1. The molecule has 0 aliphatic rings. The number of nitrogens with two attached hydrogens (primary N) is 1. The number of carbonyl (C=O) groups excluding carboxylic acids is 2. The maximum absolute atomic E-state index is 13.3. The number of benzene rings is 1. The van der Waals surface area contributed by atoms with E-state index >= 15 is 0 Å². The van der Waals surface area contributed by atoms with E-state index in [1.807, 2.05) is 0 Å². The fourth-order valence-electron chi connectivity index (χ4n) is 3.63. The van der Waals surface area contributed by atoms with E-state index in [9.17, 15) is 18.9 Å². The summed E-state index contributed by atoms with van der Waals surface area (Å²) in [5.74, 6) is -1.98. The first-order valence-electron chi connectivity index (χ1n) is 12.4. The summed E-state index contributed by atoms with van der Waals surface area (Å²) >= 11 is 0. The Morgan fingerprint density at radius 3 is 2.06 bits per heavy atom. The predicted molar refractivity (Wildman–Crippen MR) is 135 cm³/mol. The van der Waals surface area contributed by atoms with Gasteiger partial charge in [-0.25, -0.2) is 4.57 Å². The number of carbonyl (C=O) groups is 3. The molecule has 0 spiro atoms. The lowest BCUT2D eigenvalue weighted by Crippen LogP contribution is -2.53. The zero-order valence-electron chi connectivity index (χ0n) is 21.1. The zero-order valence-corrected chi connectivity index (χ0v) is 22.0. The molecule has 0 aliphatic carbocycles. The molecule has 36 heavy (non-hydrogen) atoms. The fraction of sp³-hybridized carbons (Fsp3) is 0.625. The van der Waals surface area contributed by atoms with Crippen molar-refractivity contribution in [2.45, 2.75) is 83.7 Å². The minimum atomic E-state index is -4.68. The van der Waals surface area contributed by atoms with Gasteiger partial charge in [-0.1, -0.05) is 51.7 Å². The van der Waals surface area contributed by atoms with Crippen molar-refractivity contribution in [3.05, 3.63) is 29.8 Å². The van der Waals surface area contributed by atoms with Crippen LogP contribution in [-0.4, -0.2) is 62.8 Å². The molecule has 1 aromatic rings. The van der Waals surface area contributed by atoms with Gasteiger partial charge < -0.3 is 25.6 Å².